The minimum absolute atomic E-state index is 0.0402. The van der Waals surface area contributed by atoms with E-state index in [-0.39, 0.29) is 18.0 Å². The highest BCUT2D eigenvalue weighted by Gasteiger charge is 2.15. The van der Waals surface area contributed by atoms with Gasteiger partial charge in [0.2, 0.25) is 0 Å². The fourth-order valence-electron chi connectivity index (χ4n) is 0.990. The van der Waals surface area contributed by atoms with Crippen molar-refractivity contribution < 1.29 is 18.8 Å². The van der Waals surface area contributed by atoms with Crippen LogP contribution in [0.2, 0.25) is 0 Å². The Bertz CT molecular complexity index is 356. The first kappa shape index (κ1) is 11.4. The number of nitro benzene ring substituents is 1. The van der Waals surface area contributed by atoms with Crippen molar-refractivity contribution in [1.29, 1.82) is 0 Å². The van der Waals surface area contributed by atoms with Crippen molar-refractivity contribution in [1.82, 2.24) is 0 Å². The van der Waals surface area contributed by atoms with Gasteiger partial charge in [-0.1, -0.05) is 0 Å². The van der Waals surface area contributed by atoms with Crippen molar-refractivity contribution in [2.24, 2.45) is 0 Å². The molecule has 0 amide bonds. The van der Waals surface area contributed by atoms with Gasteiger partial charge in [-0.05, 0) is 12.1 Å². The highest BCUT2D eigenvalue weighted by atomic mass is 19.1. The molecule has 0 atom stereocenters. The molecule has 0 aliphatic rings. The zero-order valence-corrected chi connectivity index (χ0v) is 8.10. The summed E-state index contributed by atoms with van der Waals surface area (Å²) in [4.78, 5) is 9.85. The molecule has 0 saturated heterocycles. The highest BCUT2D eigenvalue weighted by molar-refractivity contribution is 5.46. The molecule has 0 N–H and O–H groups in total. The van der Waals surface area contributed by atoms with E-state index in [1.807, 2.05) is 0 Å². The third kappa shape index (κ3) is 3.17. The van der Waals surface area contributed by atoms with Crippen LogP contribution in [-0.2, 0) is 4.74 Å². The van der Waals surface area contributed by atoms with E-state index >= 15 is 0 Å². The molecule has 15 heavy (non-hydrogen) atoms. The normalized spacial score (nSPS) is 10.0. The van der Waals surface area contributed by atoms with E-state index in [0.29, 0.717) is 6.61 Å². The summed E-state index contributed by atoms with van der Waals surface area (Å²) in [5.41, 5.74) is -0.383. The first-order chi connectivity index (χ1) is 7.15. The van der Waals surface area contributed by atoms with Crippen molar-refractivity contribution in [3.8, 4) is 5.75 Å². The van der Waals surface area contributed by atoms with Crippen molar-refractivity contribution in [2.45, 2.75) is 0 Å². The van der Waals surface area contributed by atoms with Gasteiger partial charge in [0.15, 0.2) is 5.75 Å². The molecule has 0 radical (unpaired) electrons. The third-order valence-electron chi connectivity index (χ3n) is 1.66. The summed E-state index contributed by atoms with van der Waals surface area (Å²) in [6.07, 6.45) is 0. The summed E-state index contributed by atoms with van der Waals surface area (Å²) < 4.78 is 22.5. The van der Waals surface area contributed by atoms with E-state index in [1.165, 1.54) is 13.2 Å². The number of rotatable bonds is 5. The fourth-order valence-corrected chi connectivity index (χ4v) is 0.990. The second-order valence-electron chi connectivity index (χ2n) is 2.71. The van der Waals surface area contributed by atoms with Crippen LogP contribution >= 0.6 is 0 Å². The zero-order chi connectivity index (χ0) is 11.3. The van der Waals surface area contributed by atoms with Gasteiger partial charge in [0.05, 0.1) is 17.6 Å². The summed E-state index contributed by atoms with van der Waals surface area (Å²) in [6, 6.07) is 3.15. The number of nitro groups is 1. The molecular weight excluding hydrogens is 205 g/mol. The lowest BCUT2D eigenvalue weighted by Gasteiger charge is -2.05. The molecule has 6 heteroatoms. The van der Waals surface area contributed by atoms with Crippen LogP contribution in [0.15, 0.2) is 18.2 Å². The van der Waals surface area contributed by atoms with Gasteiger partial charge in [0.1, 0.15) is 12.4 Å². The molecule has 0 saturated carbocycles. The van der Waals surface area contributed by atoms with Crippen LogP contribution in [0.3, 0.4) is 0 Å². The lowest BCUT2D eigenvalue weighted by molar-refractivity contribution is -0.386. The zero-order valence-electron chi connectivity index (χ0n) is 8.10. The lowest BCUT2D eigenvalue weighted by atomic mass is 10.3. The standard InChI is InChI=1S/C9H10FNO4/c1-14-4-5-15-9-3-2-7(10)6-8(9)11(12)13/h2-3,6H,4-5H2,1H3. The monoisotopic (exact) mass is 215 g/mol. The second-order valence-corrected chi connectivity index (χ2v) is 2.71. The van der Waals surface area contributed by atoms with Gasteiger partial charge in [0.25, 0.3) is 0 Å². The molecule has 0 aliphatic carbocycles. The van der Waals surface area contributed by atoms with Crippen molar-refractivity contribution >= 4 is 5.69 Å². The van der Waals surface area contributed by atoms with Crippen molar-refractivity contribution in [3.63, 3.8) is 0 Å². The summed E-state index contributed by atoms with van der Waals surface area (Å²) in [7, 11) is 1.49. The SMILES string of the molecule is COCCOc1ccc(F)cc1[N+](=O)[O-]. The molecule has 1 aromatic rings. The van der Waals surface area contributed by atoms with Crippen LogP contribution in [0.5, 0.6) is 5.75 Å². The van der Waals surface area contributed by atoms with Gasteiger partial charge < -0.3 is 9.47 Å². The van der Waals surface area contributed by atoms with Gasteiger partial charge in [-0.25, -0.2) is 4.39 Å². The van der Waals surface area contributed by atoms with E-state index in [4.69, 9.17) is 9.47 Å². The van der Waals surface area contributed by atoms with Crippen LogP contribution in [0.4, 0.5) is 10.1 Å². The smallest absolute Gasteiger partial charge is 0.313 e. The minimum Gasteiger partial charge on any atom is -0.484 e. The summed E-state index contributed by atoms with van der Waals surface area (Å²) >= 11 is 0. The molecule has 1 aromatic carbocycles. The van der Waals surface area contributed by atoms with E-state index in [0.717, 1.165) is 12.1 Å². The van der Waals surface area contributed by atoms with E-state index in [9.17, 15) is 14.5 Å². The number of hydrogen-bond acceptors (Lipinski definition) is 4. The average Bonchev–Trinajstić information content (AvgIpc) is 2.20. The Morgan fingerprint density at radius 1 is 1.47 bits per heavy atom. The Kier molecular flexibility index (Phi) is 3.99. The number of benzene rings is 1. The molecule has 82 valence electrons. The summed E-state index contributed by atoms with van der Waals surface area (Å²) in [5.74, 6) is -0.626. The average molecular weight is 215 g/mol. The van der Waals surface area contributed by atoms with Crippen molar-refractivity contribution in [3.05, 3.63) is 34.1 Å². The second kappa shape index (κ2) is 5.26. The van der Waals surface area contributed by atoms with Crippen LogP contribution < -0.4 is 4.74 Å². The molecular formula is C9H10FNO4. The molecule has 0 aromatic heterocycles. The lowest BCUT2D eigenvalue weighted by Crippen LogP contribution is -2.06. The van der Waals surface area contributed by atoms with Gasteiger partial charge in [0, 0.05) is 7.11 Å². The Morgan fingerprint density at radius 2 is 2.20 bits per heavy atom. The van der Waals surface area contributed by atoms with Crippen LogP contribution in [-0.4, -0.2) is 25.2 Å². The Hall–Kier alpha value is -1.69. The number of ether oxygens (including phenoxy) is 2. The van der Waals surface area contributed by atoms with Crippen LogP contribution in [0, 0.1) is 15.9 Å². The number of hydrogen-bond donors (Lipinski definition) is 0. The molecule has 0 spiro atoms. The largest absolute Gasteiger partial charge is 0.484 e. The van der Waals surface area contributed by atoms with E-state index in [2.05, 4.69) is 0 Å². The third-order valence-corrected chi connectivity index (χ3v) is 1.66. The Morgan fingerprint density at radius 3 is 2.80 bits per heavy atom. The summed E-state index contributed by atoms with van der Waals surface area (Å²) in [5, 5.41) is 10.5. The van der Waals surface area contributed by atoms with Crippen LogP contribution in [0.25, 0.3) is 0 Å². The molecule has 1 rings (SSSR count). The molecule has 0 heterocycles. The maximum absolute atomic E-state index is 12.7. The van der Waals surface area contributed by atoms with Gasteiger partial charge >= 0.3 is 5.69 Å². The quantitative estimate of drug-likeness (QED) is 0.426. The van der Waals surface area contributed by atoms with Gasteiger partial charge in [-0.15, -0.1) is 0 Å². The molecule has 0 fully saturated rings. The number of methoxy groups -OCH3 is 1. The Balaban J connectivity index is 2.81. The first-order valence-electron chi connectivity index (χ1n) is 4.21. The highest BCUT2D eigenvalue weighted by Crippen LogP contribution is 2.27. The molecule has 5 nitrogen and oxygen atoms in total. The maximum Gasteiger partial charge on any atom is 0.313 e. The predicted octanol–water partition coefficient (Wildman–Crippen LogP) is 1.76. The fraction of sp³-hybridized carbons (Fsp3) is 0.333. The Labute approximate surface area is 85.6 Å². The maximum atomic E-state index is 12.7. The van der Waals surface area contributed by atoms with Gasteiger partial charge in [-0.2, -0.15) is 0 Å². The minimum atomic E-state index is -0.689. The van der Waals surface area contributed by atoms with Gasteiger partial charge in [-0.3, -0.25) is 10.1 Å². The number of halogens is 1. The molecule has 0 aliphatic heterocycles. The van der Waals surface area contributed by atoms with E-state index in [1.54, 1.807) is 0 Å². The number of nitrogens with zero attached hydrogens (tertiary/aromatic N) is 1. The topological polar surface area (TPSA) is 61.6 Å². The first-order valence-corrected chi connectivity index (χ1v) is 4.21. The summed E-state index contributed by atoms with van der Waals surface area (Å²) in [6.45, 7) is 0.498. The van der Waals surface area contributed by atoms with Crippen molar-refractivity contribution in [2.75, 3.05) is 20.3 Å². The molecule has 0 unspecified atom stereocenters. The van der Waals surface area contributed by atoms with E-state index < -0.39 is 10.7 Å². The predicted molar refractivity (Wildman–Crippen MR) is 50.4 cm³/mol. The molecule has 0 bridgehead atoms. The van der Waals surface area contributed by atoms with Crippen LogP contribution in [0.1, 0.15) is 0 Å².